The Morgan fingerprint density at radius 1 is 1.04 bits per heavy atom. The summed E-state index contributed by atoms with van der Waals surface area (Å²) >= 11 is 18.3. The molecule has 5 nitrogen and oxygen atoms in total. The van der Waals surface area contributed by atoms with Crippen LogP contribution < -0.4 is 16.1 Å². The molecule has 0 unspecified atom stereocenters. The van der Waals surface area contributed by atoms with Crippen LogP contribution in [-0.4, -0.2) is 11.2 Å². The second kappa shape index (κ2) is 7.35. The van der Waals surface area contributed by atoms with Crippen LogP contribution in [0.1, 0.15) is 11.1 Å². The van der Waals surface area contributed by atoms with Gasteiger partial charge in [0.05, 0.1) is 22.5 Å². The van der Waals surface area contributed by atoms with Gasteiger partial charge < -0.3 is 9.15 Å². The number of fused-ring (bicyclic) bond motifs is 1. The van der Waals surface area contributed by atoms with Crippen molar-refractivity contribution in [2.45, 2.75) is 20.4 Å². The molecule has 0 fully saturated rings. The zero-order valence-corrected chi connectivity index (χ0v) is 16.2. The third-order valence-electron chi connectivity index (χ3n) is 3.91. The van der Waals surface area contributed by atoms with Crippen molar-refractivity contribution in [2.24, 2.45) is 0 Å². The first-order valence-corrected chi connectivity index (χ1v) is 8.83. The molecule has 0 radical (unpaired) electrons. The van der Waals surface area contributed by atoms with E-state index in [1.165, 1.54) is 16.7 Å². The highest BCUT2D eigenvalue weighted by atomic mass is 35.5. The van der Waals surface area contributed by atoms with Crippen molar-refractivity contribution in [3.05, 3.63) is 71.4 Å². The van der Waals surface area contributed by atoms with Crippen LogP contribution in [-0.2, 0) is 6.54 Å². The highest BCUT2D eigenvalue weighted by molar-refractivity contribution is 6.38. The molecule has 0 spiro atoms. The lowest BCUT2D eigenvalue weighted by molar-refractivity contribution is 0.287. The van der Waals surface area contributed by atoms with Crippen LogP contribution >= 0.6 is 34.8 Å². The summed E-state index contributed by atoms with van der Waals surface area (Å²) in [5.41, 5.74) is 1.28. The van der Waals surface area contributed by atoms with Gasteiger partial charge >= 0.3 is 11.4 Å². The Kier molecular flexibility index (Phi) is 5.32. The Morgan fingerprint density at radius 2 is 1.69 bits per heavy atom. The van der Waals surface area contributed by atoms with Gasteiger partial charge in [-0.2, -0.15) is 0 Å². The Hall–Kier alpha value is -1.95. The summed E-state index contributed by atoms with van der Waals surface area (Å²) in [5, 5.41) is 1.30. The predicted octanol–water partition coefficient (Wildman–Crippen LogP) is 4.61. The Bertz CT molecular complexity index is 1090. The van der Waals surface area contributed by atoms with Crippen LogP contribution in [0.5, 0.6) is 5.75 Å². The number of ether oxygens (including phenoxy) is 1. The molecule has 3 rings (SSSR count). The molecule has 0 atom stereocenters. The molecule has 0 N–H and O–H groups in total. The summed E-state index contributed by atoms with van der Waals surface area (Å²) < 4.78 is 11.7. The zero-order valence-electron chi connectivity index (χ0n) is 13.9. The molecule has 26 heavy (non-hydrogen) atoms. The zero-order chi connectivity index (χ0) is 19.0. The monoisotopic (exact) mass is 413 g/mol. The molecular formula is C18H14Cl3NO4. The second-order valence-corrected chi connectivity index (χ2v) is 7.03. The van der Waals surface area contributed by atoms with Crippen LogP contribution in [0.2, 0.25) is 15.1 Å². The molecule has 1 heterocycles. The van der Waals surface area contributed by atoms with E-state index in [0.29, 0.717) is 10.8 Å². The normalized spacial score (nSPS) is 11.1. The quantitative estimate of drug-likeness (QED) is 0.625. The summed E-state index contributed by atoms with van der Waals surface area (Å²) in [5.74, 6) is -0.174. The van der Waals surface area contributed by atoms with Gasteiger partial charge in [-0.15, -0.1) is 0 Å². The van der Waals surface area contributed by atoms with Crippen LogP contribution in [0.3, 0.4) is 0 Å². The highest BCUT2D eigenvalue weighted by Crippen LogP contribution is 2.27. The van der Waals surface area contributed by atoms with E-state index in [2.05, 4.69) is 0 Å². The van der Waals surface area contributed by atoms with E-state index >= 15 is 0 Å². The van der Waals surface area contributed by atoms with Crippen molar-refractivity contribution in [1.29, 1.82) is 0 Å². The molecule has 0 bridgehead atoms. The summed E-state index contributed by atoms with van der Waals surface area (Å²) in [7, 11) is 0. The summed E-state index contributed by atoms with van der Waals surface area (Å²) in [6.07, 6.45) is 0. The smallest absolute Gasteiger partial charge is 0.422 e. The van der Waals surface area contributed by atoms with E-state index in [-0.39, 0.29) is 34.1 Å². The molecule has 0 aliphatic rings. The van der Waals surface area contributed by atoms with Gasteiger partial charge in [0.2, 0.25) is 0 Å². The number of hydrogen-bond acceptors (Lipinski definition) is 4. The minimum absolute atomic E-state index is 0.139. The molecule has 0 saturated heterocycles. The summed E-state index contributed by atoms with van der Waals surface area (Å²) in [4.78, 5) is 24.0. The van der Waals surface area contributed by atoms with Crippen LogP contribution in [0.4, 0.5) is 0 Å². The number of aromatic nitrogens is 1. The fourth-order valence-corrected chi connectivity index (χ4v) is 3.43. The maximum atomic E-state index is 12.1. The standard InChI is InChI=1S/C18H14Cl3NO4/c1-9-5-12(6-10(2)15(9)21)25-4-3-22-16-13(17(23)26-18(22)24)7-11(19)8-14(16)20/h5-8H,3-4H2,1-2H3. The summed E-state index contributed by atoms with van der Waals surface area (Å²) in [6.45, 7) is 4.08. The van der Waals surface area contributed by atoms with E-state index < -0.39 is 11.4 Å². The molecular weight excluding hydrogens is 401 g/mol. The van der Waals surface area contributed by atoms with E-state index in [1.807, 2.05) is 26.0 Å². The SMILES string of the molecule is Cc1cc(OCCn2c(=O)oc(=O)c3cc(Cl)cc(Cl)c32)cc(C)c1Cl. The molecule has 0 saturated carbocycles. The predicted molar refractivity (Wildman–Crippen MR) is 103 cm³/mol. The second-order valence-electron chi connectivity index (χ2n) is 5.81. The number of halogens is 3. The van der Waals surface area contributed by atoms with Crippen molar-refractivity contribution in [3.63, 3.8) is 0 Å². The topological polar surface area (TPSA) is 61.4 Å². The van der Waals surface area contributed by atoms with Crippen LogP contribution in [0.15, 0.2) is 38.3 Å². The van der Waals surface area contributed by atoms with Crippen molar-refractivity contribution < 1.29 is 9.15 Å². The molecule has 1 aromatic heterocycles. The first-order valence-electron chi connectivity index (χ1n) is 7.70. The first-order chi connectivity index (χ1) is 12.3. The molecule has 0 aliphatic heterocycles. The van der Waals surface area contributed by atoms with Gasteiger partial charge in [0.15, 0.2) is 0 Å². The molecule has 8 heteroatoms. The number of rotatable bonds is 4. The summed E-state index contributed by atoms with van der Waals surface area (Å²) in [6, 6.07) is 6.51. The van der Waals surface area contributed by atoms with Gasteiger partial charge in [-0.3, -0.25) is 4.57 Å². The fraction of sp³-hybridized carbons (Fsp3) is 0.222. The Balaban J connectivity index is 1.92. The van der Waals surface area contributed by atoms with Crippen molar-refractivity contribution >= 4 is 45.7 Å². The van der Waals surface area contributed by atoms with E-state index in [9.17, 15) is 9.59 Å². The van der Waals surface area contributed by atoms with Gasteiger partial charge in [0.1, 0.15) is 12.4 Å². The molecule has 0 amide bonds. The average molecular weight is 415 g/mol. The largest absolute Gasteiger partial charge is 0.492 e. The van der Waals surface area contributed by atoms with Gasteiger partial charge in [0, 0.05) is 10.0 Å². The van der Waals surface area contributed by atoms with Crippen molar-refractivity contribution in [1.82, 2.24) is 4.57 Å². The molecule has 136 valence electrons. The number of nitrogens with zero attached hydrogens (tertiary/aromatic N) is 1. The lowest BCUT2D eigenvalue weighted by Crippen LogP contribution is -2.27. The molecule has 3 aromatic rings. The maximum absolute atomic E-state index is 12.1. The molecule has 2 aromatic carbocycles. The van der Waals surface area contributed by atoms with Gasteiger partial charge in [-0.1, -0.05) is 34.8 Å². The van der Waals surface area contributed by atoms with E-state index in [0.717, 1.165) is 11.1 Å². The van der Waals surface area contributed by atoms with Crippen LogP contribution in [0, 0.1) is 13.8 Å². The minimum atomic E-state index is -0.807. The molecule has 0 aliphatic carbocycles. The van der Waals surface area contributed by atoms with E-state index in [4.69, 9.17) is 44.0 Å². The first kappa shape index (κ1) is 18.8. The van der Waals surface area contributed by atoms with Gasteiger partial charge in [0.25, 0.3) is 0 Å². The van der Waals surface area contributed by atoms with E-state index in [1.54, 1.807) is 0 Å². The number of hydrogen-bond donors (Lipinski definition) is 0. The minimum Gasteiger partial charge on any atom is -0.492 e. The lowest BCUT2D eigenvalue weighted by atomic mass is 10.1. The Morgan fingerprint density at radius 3 is 2.35 bits per heavy atom. The lowest BCUT2D eigenvalue weighted by Gasteiger charge is -2.12. The van der Waals surface area contributed by atoms with Crippen molar-refractivity contribution in [2.75, 3.05) is 6.61 Å². The van der Waals surface area contributed by atoms with Crippen molar-refractivity contribution in [3.8, 4) is 5.75 Å². The van der Waals surface area contributed by atoms with Gasteiger partial charge in [-0.05, 0) is 49.2 Å². The highest BCUT2D eigenvalue weighted by Gasteiger charge is 2.14. The number of benzene rings is 2. The van der Waals surface area contributed by atoms with Gasteiger partial charge in [-0.25, -0.2) is 9.59 Å². The number of aryl methyl sites for hydroxylation is 2. The maximum Gasteiger partial charge on any atom is 0.422 e. The average Bonchev–Trinajstić information content (AvgIpc) is 2.55. The third-order valence-corrected chi connectivity index (χ3v) is 5.01. The fourth-order valence-electron chi connectivity index (χ4n) is 2.72. The van der Waals surface area contributed by atoms with Crippen LogP contribution in [0.25, 0.3) is 10.9 Å². The Labute approximate surface area is 163 Å². The third kappa shape index (κ3) is 3.61.